The van der Waals surface area contributed by atoms with Gasteiger partial charge in [-0.05, 0) is 50.5 Å². The molecule has 3 heteroatoms. The van der Waals surface area contributed by atoms with E-state index >= 15 is 0 Å². The fourth-order valence-electron chi connectivity index (χ4n) is 3.10. The van der Waals surface area contributed by atoms with Crippen LogP contribution in [-0.2, 0) is 4.79 Å². The summed E-state index contributed by atoms with van der Waals surface area (Å²) in [6.45, 7) is 5.68. The Labute approximate surface area is 117 Å². The third kappa shape index (κ3) is 5.52. The molecule has 2 atom stereocenters. The molecule has 2 unspecified atom stereocenters. The summed E-state index contributed by atoms with van der Waals surface area (Å²) in [6, 6.07) is 1.19. The van der Waals surface area contributed by atoms with Gasteiger partial charge in [-0.1, -0.05) is 26.7 Å². The van der Waals surface area contributed by atoms with Crippen molar-refractivity contribution >= 4 is 5.91 Å². The highest BCUT2D eigenvalue weighted by Gasteiger charge is 2.24. The van der Waals surface area contributed by atoms with Gasteiger partial charge in [0.05, 0.1) is 0 Å². The second-order valence-corrected chi connectivity index (χ2v) is 6.77. The number of amides is 1. The molecule has 0 aromatic carbocycles. The molecule has 3 nitrogen and oxygen atoms in total. The molecule has 2 saturated carbocycles. The van der Waals surface area contributed by atoms with Crippen molar-refractivity contribution in [1.29, 1.82) is 0 Å². The van der Waals surface area contributed by atoms with Gasteiger partial charge in [0.1, 0.15) is 0 Å². The molecule has 2 N–H and O–H groups in total. The first-order chi connectivity index (χ1) is 9.15. The summed E-state index contributed by atoms with van der Waals surface area (Å²) in [5, 5.41) is 6.70. The van der Waals surface area contributed by atoms with Gasteiger partial charge in [0, 0.05) is 18.5 Å². The highest BCUT2D eigenvalue weighted by Crippen LogP contribution is 2.29. The standard InChI is InChI=1S/C16H30N2O/c1-12(2)13-5-3-6-15(11-13)17-10-4-7-16(19)18-14-8-9-14/h12-15,17H,3-11H2,1-2H3,(H,18,19). The Morgan fingerprint density at radius 2 is 1.95 bits per heavy atom. The predicted molar refractivity (Wildman–Crippen MR) is 79.0 cm³/mol. The second-order valence-electron chi connectivity index (χ2n) is 6.77. The molecule has 19 heavy (non-hydrogen) atoms. The van der Waals surface area contributed by atoms with Crippen LogP contribution in [0.15, 0.2) is 0 Å². The largest absolute Gasteiger partial charge is 0.353 e. The van der Waals surface area contributed by atoms with Gasteiger partial charge in [-0.3, -0.25) is 4.79 Å². The van der Waals surface area contributed by atoms with Crippen molar-refractivity contribution < 1.29 is 4.79 Å². The molecule has 2 aliphatic carbocycles. The topological polar surface area (TPSA) is 41.1 Å². The first-order valence-corrected chi connectivity index (χ1v) is 8.18. The van der Waals surface area contributed by atoms with Crippen molar-refractivity contribution in [2.45, 2.75) is 77.3 Å². The van der Waals surface area contributed by atoms with Crippen molar-refractivity contribution in [3.8, 4) is 0 Å². The monoisotopic (exact) mass is 266 g/mol. The van der Waals surface area contributed by atoms with Crippen LogP contribution in [-0.4, -0.2) is 24.5 Å². The molecule has 0 saturated heterocycles. The van der Waals surface area contributed by atoms with Gasteiger partial charge in [0.2, 0.25) is 5.91 Å². The van der Waals surface area contributed by atoms with Crippen LogP contribution in [0.4, 0.5) is 0 Å². The van der Waals surface area contributed by atoms with Gasteiger partial charge in [-0.25, -0.2) is 0 Å². The van der Waals surface area contributed by atoms with Crippen LogP contribution < -0.4 is 10.6 Å². The zero-order chi connectivity index (χ0) is 13.7. The molecule has 2 rings (SSSR count). The van der Waals surface area contributed by atoms with E-state index in [1.54, 1.807) is 0 Å². The molecule has 0 aliphatic heterocycles. The number of hydrogen-bond acceptors (Lipinski definition) is 2. The lowest BCUT2D eigenvalue weighted by atomic mass is 9.79. The van der Waals surface area contributed by atoms with E-state index in [0.29, 0.717) is 18.5 Å². The van der Waals surface area contributed by atoms with Gasteiger partial charge in [-0.2, -0.15) is 0 Å². The minimum Gasteiger partial charge on any atom is -0.353 e. The Morgan fingerprint density at radius 1 is 1.16 bits per heavy atom. The van der Waals surface area contributed by atoms with Crippen molar-refractivity contribution in [2.24, 2.45) is 11.8 Å². The molecule has 0 heterocycles. The Balaban J connectivity index is 1.53. The Morgan fingerprint density at radius 3 is 2.63 bits per heavy atom. The normalized spacial score (nSPS) is 27.5. The lowest BCUT2D eigenvalue weighted by Gasteiger charge is -2.32. The lowest BCUT2D eigenvalue weighted by Crippen LogP contribution is -2.36. The van der Waals surface area contributed by atoms with Crippen LogP contribution in [0.25, 0.3) is 0 Å². The van der Waals surface area contributed by atoms with E-state index in [1.165, 1.54) is 38.5 Å². The van der Waals surface area contributed by atoms with Crippen molar-refractivity contribution in [1.82, 2.24) is 10.6 Å². The highest BCUT2D eigenvalue weighted by atomic mass is 16.1. The number of rotatable bonds is 7. The fraction of sp³-hybridized carbons (Fsp3) is 0.938. The maximum absolute atomic E-state index is 11.5. The molecule has 0 aromatic heterocycles. The number of nitrogens with one attached hydrogen (secondary N) is 2. The van der Waals surface area contributed by atoms with Gasteiger partial charge in [-0.15, -0.1) is 0 Å². The Hall–Kier alpha value is -0.570. The van der Waals surface area contributed by atoms with Crippen molar-refractivity contribution in [3.63, 3.8) is 0 Å². The van der Waals surface area contributed by atoms with Gasteiger partial charge < -0.3 is 10.6 Å². The maximum atomic E-state index is 11.5. The quantitative estimate of drug-likeness (QED) is 0.696. The summed E-state index contributed by atoms with van der Waals surface area (Å²) >= 11 is 0. The summed E-state index contributed by atoms with van der Waals surface area (Å²) in [4.78, 5) is 11.5. The molecule has 0 bridgehead atoms. The van der Waals surface area contributed by atoms with Crippen molar-refractivity contribution in [2.75, 3.05) is 6.54 Å². The molecule has 110 valence electrons. The van der Waals surface area contributed by atoms with E-state index in [1.807, 2.05) is 0 Å². The smallest absolute Gasteiger partial charge is 0.220 e. The maximum Gasteiger partial charge on any atom is 0.220 e. The number of hydrogen-bond donors (Lipinski definition) is 2. The zero-order valence-corrected chi connectivity index (χ0v) is 12.6. The van der Waals surface area contributed by atoms with Crippen LogP contribution >= 0.6 is 0 Å². The number of carbonyl (C=O) groups excluding carboxylic acids is 1. The highest BCUT2D eigenvalue weighted by molar-refractivity contribution is 5.76. The summed E-state index contributed by atoms with van der Waals surface area (Å²) in [7, 11) is 0. The molecule has 0 radical (unpaired) electrons. The van der Waals surface area contributed by atoms with Crippen LogP contribution in [0.2, 0.25) is 0 Å². The first kappa shape index (κ1) is 14.8. The molecular weight excluding hydrogens is 236 g/mol. The first-order valence-electron chi connectivity index (χ1n) is 8.18. The molecule has 2 fully saturated rings. The molecule has 2 aliphatic rings. The lowest BCUT2D eigenvalue weighted by molar-refractivity contribution is -0.121. The molecule has 0 aromatic rings. The SMILES string of the molecule is CC(C)C1CCCC(NCCCC(=O)NC2CC2)C1. The van der Waals surface area contributed by atoms with E-state index < -0.39 is 0 Å². The zero-order valence-electron chi connectivity index (χ0n) is 12.6. The summed E-state index contributed by atoms with van der Waals surface area (Å²) < 4.78 is 0. The minimum absolute atomic E-state index is 0.244. The van der Waals surface area contributed by atoms with Gasteiger partial charge in [0.25, 0.3) is 0 Å². The minimum atomic E-state index is 0.244. The van der Waals surface area contributed by atoms with E-state index in [0.717, 1.165) is 24.8 Å². The summed E-state index contributed by atoms with van der Waals surface area (Å²) in [6.07, 6.45) is 9.43. The average Bonchev–Trinajstić information content (AvgIpc) is 3.19. The third-order valence-corrected chi connectivity index (χ3v) is 4.61. The number of carbonyl (C=O) groups is 1. The van der Waals surface area contributed by atoms with Crippen LogP contribution in [0.5, 0.6) is 0 Å². The predicted octanol–water partition coefficient (Wildman–Crippen LogP) is 2.85. The van der Waals surface area contributed by atoms with E-state index in [9.17, 15) is 4.79 Å². The molecule has 0 spiro atoms. The Kier molecular flexibility index (Phi) is 5.68. The summed E-state index contributed by atoms with van der Waals surface area (Å²) in [5.74, 6) is 1.95. The van der Waals surface area contributed by atoms with Crippen LogP contribution in [0.1, 0.15) is 65.2 Å². The van der Waals surface area contributed by atoms with E-state index in [-0.39, 0.29) is 5.91 Å². The van der Waals surface area contributed by atoms with Crippen LogP contribution in [0.3, 0.4) is 0 Å². The second kappa shape index (κ2) is 7.28. The average molecular weight is 266 g/mol. The Bertz CT molecular complexity index is 286. The van der Waals surface area contributed by atoms with Gasteiger partial charge >= 0.3 is 0 Å². The van der Waals surface area contributed by atoms with Crippen LogP contribution in [0, 0.1) is 11.8 Å². The van der Waals surface area contributed by atoms with E-state index in [4.69, 9.17) is 0 Å². The summed E-state index contributed by atoms with van der Waals surface area (Å²) in [5.41, 5.74) is 0. The molecular formula is C16H30N2O. The van der Waals surface area contributed by atoms with Gasteiger partial charge in [0.15, 0.2) is 0 Å². The molecule has 1 amide bonds. The fourth-order valence-corrected chi connectivity index (χ4v) is 3.10. The third-order valence-electron chi connectivity index (χ3n) is 4.61. The van der Waals surface area contributed by atoms with Crippen molar-refractivity contribution in [3.05, 3.63) is 0 Å². The van der Waals surface area contributed by atoms with E-state index in [2.05, 4.69) is 24.5 Å².